The van der Waals surface area contributed by atoms with Gasteiger partial charge in [0, 0.05) is 11.1 Å². The molecule has 17 heavy (non-hydrogen) atoms. The zero-order valence-corrected chi connectivity index (χ0v) is 9.14. The zero-order valence-electron chi connectivity index (χ0n) is 9.14. The van der Waals surface area contributed by atoms with Crippen molar-refractivity contribution >= 4 is 18.3 Å². The van der Waals surface area contributed by atoms with E-state index < -0.39 is 0 Å². The molecule has 0 heterocycles. The minimum absolute atomic E-state index is 0.132. The van der Waals surface area contributed by atoms with E-state index in [0.29, 0.717) is 21.6 Å². The number of hydrogen-bond donors (Lipinski definition) is 0. The molecule has 2 nitrogen and oxygen atoms in total. The molecule has 0 saturated heterocycles. The predicted octanol–water partition coefficient (Wildman–Crippen LogP) is 0.831. The lowest BCUT2D eigenvalue weighted by Gasteiger charge is -2.01. The molecule has 0 atom stereocenters. The third-order valence-electron chi connectivity index (χ3n) is 2.57. The molecule has 2 rings (SSSR count). The summed E-state index contributed by atoms with van der Waals surface area (Å²) in [4.78, 5) is 22.8. The smallest absolute Gasteiger partial charge is 0.193 e. The Morgan fingerprint density at radius 1 is 1.00 bits per heavy atom. The Bertz CT molecular complexity index is 681. The summed E-state index contributed by atoms with van der Waals surface area (Å²) in [7, 11) is 0. The van der Waals surface area contributed by atoms with Gasteiger partial charge in [-0.2, -0.15) is 0 Å². The number of rotatable bonds is 2. The number of carbonyl (C=O) groups is 1. The third kappa shape index (κ3) is 2.07. The third-order valence-corrected chi connectivity index (χ3v) is 2.57. The van der Waals surface area contributed by atoms with Crippen LogP contribution in [0.25, 0.3) is 6.58 Å². The summed E-state index contributed by atoms with van der Waals surface area (Å²) in [5.74, 6) is 1.65. The molecule has 0 fully saturated rings. The molecule has 0 aromatic heterocycles. The minimum atomic E-state index is -0.132. The van der Waals surface area contributed by atoms with Crippen molar-refractivity contribution in [2.45, 2.75) is 0 Å². The van der Waals surface area contributed by atoms with Crippen molar-refractivity contribution in [3.8, 4) is 0 Å². The van der Waals surface area contributed by atoms with E-state index in [1.807, 2.05) is 6.07 Å². The summed E-state index contributed by atoms with van der Waals surface area (Å²) in [5.41, 5.74) is 1.03. The quantitative estimate of drug-likeness (QED) is 0.705. The normalized spacial score (nSPS) is 9.65. The molecular weight excluding hydrogens is 212 g/mol. The molecule has 0 aliphatic rings. The predicted molar refractivity (Wildman–Crippen MR) is 65.9 cm³/mol. The van der Waals surface area contributed by atoms with Crippen LogP contribution >= 0.6 is 0 Å². The number of hydrogen-bond acceptors (Lipinski definition) is 2. The second kappa shape index (κ2) is 4.60. The highest BCUT2D eigenvalue weighted by Crippen LogP contribution is 2.04. The molecule has 0 saturated carbocycles. The first-order chi connectivity index (χ1) is 8.24. The van der Waals surface area contributed by atoms with Crippen molar-refractivity contribution in [1.29, 1.82) is 0 Å². The van der Waals surface area contributed by atoms with Gasteiger partial charge in [-0.05, 0) is 11.3 Å². The molecule has 2 heteroatoms. The molecule has 0 bridgehead atoms. The molecule has 0 N–H and O–H groups in total. The highest BCUT2D eigenvalue weighted by molar-refractivity contribution is 6.09. The topological polar surface area (TPSA) is 34.1 Å². The van der Waals surface area contributed by atoms with Crippen LogP contribution in [0.5, 0.6) is 0 Å². The lowest BCUT2D eigenvalue weighted by Crippen LogP contribution is -2.30. The standard InChI is InChI=1S/C15H10O2/c1-11-13(10-16)8-5-9-14(11)15(17)12-6-3-2-4-7-12/h2-9H,1H2. The molecule has 2 aromatic carbocycles. The molecular formula is C15H10O2. The zero-order chi connectivity index (χ0) is 12.3. The first kappa shape index (κ1) is 11.1. The van der Waals surface area contributed by atoms with Crippen LogP contribution in [0.2, 0.25) is 0 Å². The van der Waals surface area contributed by atoms with E-state index in [-0.39, 0.29) is 5.78 Å². The van der Waals surface area contributed by atoms with Crippen LogP contribution in [-0.4, -0.2) is 11.7 Å². The van der Waals surface area contributed by atoms with Crippen LogP contribution in [0.1, 0.15) is 15.9 Å². The highest BCUT2D eigenvalue weighted by atomic mass is 16.1. The molecule has 0 aliphatic heterocycles. The maximum atomic E-state index is 12.2. The van der Waals surface area contributed by atoms with Crippen molar-refractivity contribution in [2.75, 3.05) is 0 Å². The highest BCUT2D eigenvalue weighted by Gasteiger charge is 2.09. The molecule has 0 aliphatic carbocycles. The van der Waals surface area contributed by atoms with E-state index in [1.165, 1.54) is 0 Å². The van der Waals surface area contributed by atoms with Gasteiger partial charge in [-0.25, -0.2) is 4.79 Å². The van der Waals surface area contributed by atoms with E-state index in [4.69, 9.17) is 0 Å². The molecule has 0 unspecified atom stereocenters. The van der Waals surface area contributed by atoms with Gasteiger partial charge in [-0.15, -0.1) is 0 Å². The van der Waals surface area contributed by atoms with Crippen LogP contribution in [0.3, 0.4) is 0 Å². The molecule has 82 valence electrons. The molecule has 0 radical (unpaired) electrons. The van der Waals surface area contributed by atoms with Crippen LogP contribution in [0, 0.1) is 0 Å². The van der Waals surface area contributed by atoms with Gasteiger partial charge in [0.25, 0.3) is 0 Å². The maximum absolute atomic E-state index is 12.2. The largest absolute Gasteiger partial charge is 0.289 e. The van der Waals surface area contributed by atoms with E-state index >= 15 is 0 Å². The summed E-state index contributed by atoms with van der Waals surface area (Å²) >= 11 is 0. The minimum Gasteiger partial charge on any atom is -0.289 e. The van der Waals surface area contributed by atoms with E-state index in [9.17, 15) is 9.59 Å². The Balaban J connectivity index is 2.61. The lowest BCUT2D eigenvalue weighted by molar-refractivity contribution is 0.103. The van der Waals surface area contributed by atoms with E-state index in [2.05, 4.69) is 6.58 Å². The van der Waals surface area contributed by atoms with Gasteiger partial charge >= 0.3 is 0 Å². The van der Waals surface area contributed by atoms with Crippen molar-refractivity contribution in [3.63, 3.8) is 0 Å². The summed E-state index contributed by atoms with van der Waals surface area (Å²) in [5, 5.41) is 0.753. The van der Waals surface area contributed by atoms with E-state index in [1.54, 1.807) is 48.4 Å². The summed E-state index contributed by atoms with van der Waals surface area (Å²) < 4.78 is 0. The Morgan fingerprint density at radius 2 is 1.71 bits per heavy atom. The molecule has 0 amide bonds. The van der Waals surface area contributed by atoms with Gasteiger partial charge in [0.05, 0.1) is 5.22 Å². The van der Waals surface area contributed by atoms with Crippen molar-refractivity contribution in [2.24, 2.45) is 0 Å². The fourth-order valence-corrected chi connectivity index (χ4v) is 1.64. The van der Waals surface area contributed by atoms with Crippen molar-refractivity contribution in [3.05, 3.63) is 70.1 Å². The first-order valence-electron chi connectivity index (χ1n) is 5.17. The Morgan fingerprint density at radius 3 is 2.35 bits per heavy atom. The van der Waals surface area contributed by atoms with Gasteiger partial charge < -0.3 is 0 Å². The van der Waals surface area contributed by atoms with Gasteiger partial charge in [-0.3, -0.25) is 4.79 Å². The van der Waals surface area contributed by atoms with Crippen LogP contribution < -0.4 is 10.4 Å². The van der Waals surface area contributed by atoms with Gasteiger partial charge in [-0.1, -0.05) is 49.0 Å². The molecule has 0 spiro atoms. The Labute approximate surface area is 98.5 Å². The summed E-state index contributed by atoms with van der Waals surface area (Å²) in [6, 6.07) is 13.8. The number of ketones is 1. The fraction of sp³-hybridized carbons (Fsp3) is 0. The number of carbonyl (C=O) groups excluding carboxylic acids is 2. The van der Waals surface area contributed by atoms with Crippen molar-refractivity contribution in [1.82, 2.24) is 0 Å². The van der Waals surface area contributed by atoms with Crippen molar-refractivity contribution < 1.29 is 9.59 Å². The second-order valence-electron chi connectivity index (χ2n) is 3.63. The van der Waals surface area contributed by atoms with Gasteiger partial charge in [0.15, 0.2) is 5.78 Å². The monoisotopic (exact) mass is 222 g/mol. The van der Waals surface area contributed by atoms with Crippen LogP contribution in [0.15, 0.2) is 48.5 Å². The van der Waals surface area contributed by atoms with E-state index in [0.717, 1.165) is 0 Å². The summed E-state index contributed by atoms with van der Waals surface area (Å²) in [6.45, 7) is 3.75. The first-order valence-corrected chi connectivity index (χ1v) is 5.17. The molecule has 2 aromatic rings. The Kier molecular flexibility index (Phi) is 2.99. The maximum Gasteiger partial charge on any atom is 0.193 e. The fourth-order valence-electron chi connectivity index (χ4n) is 1.64. The SMILES string of the molecule is C=c1c(C(=O)c2ccccc2)cccc1=C=O. The second-order valence-corrected chi connectivity index (χ2v) is 3.63. The Hall–Kier alpha value is -2.44. The number of benzene rings is 2. The average Bonchev–Trinajstić information content (AvgIpc) is 2.39. The van der Waals surface area contributed by atoms with Gasteiger partial charge in [0.2, 0.25) is 0 Å². The average molecular weight is 222 g/mol. The van der Waals surface area contributed by atoms with Gasteiger partial charge in [0.1, 0.15) is 5.94 Å². The lowest BCUT2D eigenvalue weighted by atomic mass is 10.0. The van der Waals surface area contributed by atoms with Crippen LogP contribution in [-0.2, 0) is 4.79 Å². The van der Waals surface area contributed by atoms with Crippen LogP contribution in [0.4, 0.5) is 0 Å². The summed E-state index contributed by atoms with van der Waals surface area (Å²) in [6.07, 6.45) is 0.